The summed E-state index contributed by atoms with van der Waals surface area (Å²) in [6.45, 7) is 8.33. The number of carboxylic acids is 1. The smallest absolute Gasteiger partial charge is 0.244 e. The first kappa shape index (κ1) is 31.3. The minimum atomic E-state index is -1.05. The predicted molar refractivity (Wildman–Crippen MR) is 140 cm³/mol. The number of nitrogens with zero attached hydrogens (tertiary/aromatic N) is 2. The molecule has 39 heavy (non-hydrogen) atoms. The van der Waals surface area contributed by atoms with Gasteiger partial charge in [-0.15, -0.1) is 0 Å². The topological polar surface area (TPSA) is 159 Å². The number of rotatable bonds is 13. The molecule has 222 valence electrons. The summed E-state index contributed by atoms with van der Waals surface area (Å²) in [7, 11) is 0. The summed E-state index contributed by atoms with van der Waals surface area (Å²) < 4.78 is 0. The van der Waals surface area contributed by atoms with Gasteiger partial charge in [0.1, 0.15) is 24.1 Å². The Morgan fingerprint density at radius 1 is 1.10 bits per heavy atom. The highest BCUT2D eigenvalue weighted by atomic mass is 16.5. The van der Waals surface area contributed by atoms with Crippen LogP contribution >= 0.6 is 0 Å². The molecule has 12 heteroatoms. The zero-order valence-corrected chi connectivity index (χ0v) is 23.7. The molecule has 3 heterocycles. The van der Waals surface area contributed by atoms with E-state index in [0.717, 1.165) is 63.0 Å². The molecular weight excluding hydrogens is 504 g/mol. The first-order valence-electron chi connectivity index (χ1n) is 14.9. The predicted octanol–water partition coefficient (Wildman–Crippen LogP) is -1.11. The van der Waals surface area contributed by atoms with Gasteiger partial charge in [0, 0.05) is 38.3 Å². The van der Waals surface area contributed by atoms with Gasteiger partial charge in [0.25, 0.3) is 0 Å². The van der Waals surface area contributed by atoms with Gasteiger partial charge in [-0.3, -0.25) is 24.6 Å². The third kappa shape index (κ3) is 7.68. The van der Waals surface area contributed by atoms with E-state index in [4.69, 9.17) is 5.21 Å². The Labute approximate surface area is 231 Å². The number of carboxylic acid groups (broad SMARTS) is 1. The second-order valence-corrected chi connectivity index (χ2v) is 11.4. The van der Waals surface area contributed by atoms with Crippen LogP contribution in [0.3, 0.4) is 0 Å². The maximum atomic E-state index is 13.8. The molecule has 3 rings (SSSR count). The lowest BCUT2D eigenvalue weighted by atomic mass is 9.89. The lowest BCUT2D eigenvalue weighted by Gasteiger charge is -2.43. The fourth-order valence-corrected chi connectivity index (χ4v) is 6.55. The number of aliphatic carboxylic acids is 1. The van der Waals surface area contributed by atoms with Crippen molar-refractivity contribution in [1.82, 2.24) is 26.2 Å². The van der Waals surface area contributed by atoms with E-state index >= 15 is 0 Å². The first-order chi connectivity index (χ1) is 18.7. The molecule has 7 unspecified atom stereocenters. The maximum absolute atomic E-state index is 13.8. The van der Waals surface area contributed by atoms with Gasteiger partial charge in [0.05, 0.1) is 12.6 Å². The molecule has 3 saturated heterocycles. The zero-order valence-electron chi connectivity index (χ0n) is 23.7. The number of hydrogen-bond acceptors (Lipinski definition) is 8. The standard InChI is InChI=1S/C27H48N6O6/c1-4-6-7-10-19(17-23(34)30-39)26(36)32-21(11-8-14-28-32)25(35)29-24(18(3)5-2)20-13-16-31-15-9-12-22(27(37)38)33(20)31/h18-22,24,28,39H,4-17H2,1-3H3,(H,29,35)(H,30,34)(H,37,38). The van der Waals surface area contributed by atoms with E-state index in [-0.39, 0.29) is 36.2 Å². The summed E-state index contributed by atoms with van der Waals surface area (Å²) in [5.74, 6) is -2.81. The maximum Gasteiger partial charge on any atom is 0.244 e. The van der Waals surface area contributed by atoms with Crippen LogP contribution in [0.1, 0.15) is 91.4 Å². The van der Waals surface area contributed by atoms with Crippen molar-refractivity contribution in [3.8, 4) is 0 Å². The van der Waals surface area contributed by atoms with Gasteiger partial charge in [-0.05, 0) is 31.6 Å². The normalized spacial score (nSPS) is 27.7. The highest BCUT2D eigenvalue weighted by Gasteiger charge is 2.49. The van der Waals surface area contributed by atoms with Crippen molar-refractivity contribution in [2.45, 2.75) is 116 Å². The third-order valence-electron chi connectivity index (χ3n) is 8.87. The van der Waals surface area contributed by atoms with Gasteiger partial charge in [-0.1, -0.05) is 46.5 Å². The van der Waals surface area contributed by atoms with Crippen LogP contribution in [-0.4, -0.2) is 82.7 Å². The van der Waals surface area contributed by atoms with Gasteiger partial charge in [-0.25, -0.2) is 15.9 Å². The van der Waals surface area contributed by atoms with Crippen molar-refractivity contribution in [1.29, 1.82) is 0 Å². The molecule has 3 aliphatic heterocycles. The fraction of sp³-hybridized carbons (Fsp3) is 0.852. The molecular formula is C27H48N6O6. The van der Waals surface area contributed by atoms with E-state index in [9.17, 15) is 24.3 Å². The van der Waals surface area contributed by atoms with E-state index in [1.54, 1.807) is 5.48 Å². The number of hydrazine groups is 1. The molecule has 7 atom stereocenters. The van der Waals surface area contributed by atoms with E-state index in [1.165, 1.54) is 5.01 Å². The van der Waals surface area contributed by atoms with Crippen molar-refractivity contribution in [2.24, 2.45) is 11.8 Å². The minimum Gasteiger partial charge on any atom is -0.544 e. The molecule has 0 spiro atoms. The number of unbranched alkanes of at least 4 members (excludes halogenated alkanes) is 2. The quantitative estimate of drug-likeness (QED) is 0.109. The lowest BCUT2D eigenvalue weighted by molar-refractivity contribution is -1.04. The molecule has 0 aromatic carbocycles. The van der Waals surface area contributed by atoms with Crippen LogP contribution in [0.2, 0.25) is 0 Å². The SMILES string of the molecule is CCCCCC(CC(=O)NO)C(=O)N1NCCCC1C(=O)NC(C(C)CC)C1CCN2CCCC(C(=O)[O-])[NH+]12. The van der Waals surface area contributed by atoms with Crippen molar-refractivity contribution in [2.75, 3.05) is 19.6 Å². The van der Waals surface area contributed by atoms with E-state index in [1.807, 2.05) is 0 Å². The monoisotopic (exact) mass is 552 g/mol. The second-order valence-electron chi connectivity index (χ2n) is 11.4. The van der Waals surface area contributed by atoms with Crippen molar-refractivity contribution < 1.29 is 34.5 Å². The average Bonchev–Trinajstić information content (AvgIpc) is 3.38. The van der Waals surface area contributed by atoms with Crippen LogP contribution in [-0.2, 0) is 19.2 Å². The largest absolute Gasteiger partial charge is 0.544 e. The number of carbonyl (C=O) groups excluding carboxylic acids is 4. The summed E-state index contributed by atoms with van der Waals surface area (Å²) in [5, 5.41) is 28.7. The Bertz CT molecular complexity index is 859. The molecule has 0 aromatic rings. The Kier molecular flexibility index (Phi) is 12.0. The summed E-state index contributed by atoms with van der Waals surface area (Å²) in [6.07, 6.45) is 7.15. The summed E-state index contributed by atoms with van der Waals surface area (Å²) in [6, 6.07) is -1.73. The average molecular weight is 553 g/mol. The summed E-state index contributed by atoms with van der Waals surface area (Å²) >= 11 is 0. The van der Waals surface area contributed by atoms with Gasteiger partial charge in [0.15, 0.2) is 0 Å². The van der Waals surface area contributed by atoms with Gasteiger partial charge in [-0.2, -0.15) is 5.01 Å². The Morgan fingerprint density at radius 3 is 2.54 bits per heavy atom. The number of amides is 3. The number of nitrogens with one attached hydrogen (secondary N) is 4. The summed E-state index contributed by atoms with van der Waals surface area (Å²) in [4.78, 5) is 51.4. The van der Waals surface area contributed by atoms with Crippen LogP contribution in [0.25, 0.3) is 0 Å². The van der Waals surface area contributed by atoms with Crippen molar-refractivity contribution in [3.63, 3.8) is 0 Å². The molecule has 3 amide bonds. The van der Waals surface area contributed by atoms with Gasteiger partial charge < -0.3 is 15.2 Å². The molecule has 5 N–H and O–H groups in total. The van der Waals surface area contributed by atoms with E-state index in [2.05, 4.69) is 36.5 Å². The Morgan fingerprint density at radius 2 is 1.87 bits per heavy atom. The van der Waals surface area contributed by atoms with E-state index < -0.39 is 29.9 Å². The first-order valence-corrected chi connectivity index (χ1v) is 14.9. The van der Waals surface area contributed by atoms with Gasteiger partial charge in [0.2, 0.25) is 17.7 Å². The molecule has 0 bridgehead atoms. The van der Waals surface area contributed by atoms with Crippen molar-refractivity contribution >= 4 is 23.7 Å². The third-order valence-corrected chi connectivity index (χ3v) is 8.87. The Hall–Kier alpha value is -2.28. The number of quaternary nitrogens is 1. The number of hydroxylamine groups is 1. The summed E-state index contributed by atoms with van der Waals surface area (Å²) in [5.41, 5.74) is 4.72. The van der Waals surface area contributed by atoms with Crippen molar-refractivity contribution in [3.05, 3.63) is 0 Å². The van der Waals surface area contributed by atoms with E-state index in [0.29, 0.717) is 25.8 Å². The highest BCUT2D eigenvalue weighted by molar-refractivity contribution is 5.90. The van der Waals surface area contributed by atoms with Crippen LogP contribution < -0.4 is 26.3 Å². The number of hydrogen-bond donors (Lipinski definition) is 5. The highest BCUT2D eigenvalue weighted by Crippen LogP contribution is 2.23. The molecule has 12 nitrogen and oxygen atoms in total. The fourth-order valence-electron chi connectivity index (χ4n) is 6.55. The molecule has 0 radical (unpaired) electrons. The second kappa shape index (κ2) is 14.9. The van der Waals surface area contributed by atoms with Crippen LogP contribution in [0, 0.1) is 11.8 Å². The van der Waals surface area contributed by atoms with Crippen LogP contribution in [0.4, 0.5) is 0 Å². The lowest BCUT2D eigenvalue weighted by Crippen LogP contribution is -3.25. The molecule has 0 aliphatic carbocycles. The molecule has 0 aromatic heterocycles. The zero-order chi connectivity index (χ0) is 28.5. The molecule has 0 saturated carbocycles. The molecule has 3 fully saturated rings. The minimum absolute atomic E-state index is 0.0946. The van der Waals surface area contributed by atoms with Gasteiger partial charge >= 0.3 is 0 Å². The van der Waals surface area contributed by atoms with Crippen LogP contribution in [0.15, 0.2) is 0 Å². The van der Waals surface area contributed by atoms with Crippen LogP contribution in [0.5, 0.6) is 0 Å². The number of carbonyl (C=O) groups is 4. The number of fused-ring (bicyclic) bond motifs is 1. The molecule has 3 aliphatic rings. The Balaban J connectivity index is 1.79.